The summed E-state index contributed by atoms with van der Waals surface area (Å²) in [5, 5.41) is 8.90. The predicted molar refractivity (Wildman–Crippen MR) is 86.7 cm³/mol. The van der Waals surface area contributed by atoms with E-state index in [9.17, 15) is 4.91 Å². The van der Waals surface area contributed by atoms with Crippen LogP contribution in [0.1, 0.15) is 21.3 Å². The zero-order valence-electron chi connectivity index (χ0n) is 15.3. The smallest absolute Gasteiger partial charge is 0.246 e. The number of hydrogen-bond acceptors (Lipinski definition) is 5. The van der Waals surface area contributed by atoms with Crippen molar-refractivity contribution in [1.82, 2.24) is 0 Å². The van der Waals surface area contributed by atoms with Gasteiger partial charge in [0.1, 0.15) is 17.5 Å². The van der Waals surface area contributed by atoms with E-state index in [0.717, 1.165) is 5.56 Å². The van der Waals surface area contributed by atoms with Crippen LogP contribution in [0.5, 0.6) is 5.75 Å². The number of benzene rings is 2. The third-order valence-corrected chi connectivity index (χ3v) is 3.29. The highest BCUT2D eigenvalue weighted by Crippen LogP contribution is 2.32. The van der Waals surface area contributed by atoms with Crippen molar-refractivity contribution in [1.29, 1.82) is 0 Å². The highest BCUT2D eigenvalue weighted by atomic mass is 16.5. The Morgan fingerprint density at radius 1 is 1.32 bits per heavy atom. The number of hydroxylamine groups is 1. The van der Waals surface area contributed by atoms with Gasteiger partial charge in [0.2, 0.25) is 1.43 Å². The van der Waals surface area contributed by atoms with Crippen molar-refractivity contribution in [2.24, 2.45) is 5.18 Å². The number of ether oxygens (including phenoxy) is 1. The second-order valence-electron chi connectivity index (χ2n) is 4.79. The molecule has 0 bridgehead atoms. The van der Waals surface area contributed by atoms with Gasteiger partial charge >= 0.3 is 0 Å². The quantitative estimate of drug-likeness (QED) is 0.461. The molecule has 0 amide bonds. The Kier molecular flexibility index (Phi) is 3.73. The maximum atomic E-state index is 10.6. The molecular weight excluding hydrogens is 280 g/mol. The summed E-state index contributed by atoms with van der Waals surface area (Å²) in [5.41, 5.74) is 1.86. The van der Waals surface area contributed by atoms with Gasteiger partial charge in [-0.15, -0.1) is 4.91 Å². The van der Waals surface area contributed by atoms with Crippen LogP contribution in [0.3, 0.4) is 0 Å². The van der Waals surface area contributed by atoms with E-state index in [-0.39, 0.29) is 12.2 Å². The molecule has 0 spiro atoms. The first kappa shape index (κ1) is 11.9. The standard InChI is InChI=1S/C17H18N2O3/c1-12(2)17(13-4-10-16(22-3)11-5-13)19(21)15-8-6-14(18-20)7-9-15/h4-11,17,21H,1H2,2-3H3/i1D2,21D. The zero-order valence-corrected chi connectivity index (χ0v) is 12.3. The van der Waals surface area contributed by atoms with E-state index in [1.54, 1.807) is 50.4 Å². The largest absolute Gasteiger partial charge is 0.497 e. The summed E-state index contributed by atoms with van der Waals surface area (Å²) in [6.45, 7) is 1.27. The Labute approximate surface area is 133 Å². The Morgan fingerprint density at radius 3 is 2.50 bits per heavy atom. The molecule has 1 atom stereocenters. The summed E-state index contributed by atoms with van der Waals surface area (Å²) >= 11 is 0. The molecular formula is C17H18N2O3. The van der Waals surface area contributed by atoms with Gasteiger partial charge in [-0.05, 0) is 54.1 Å². The molecule has 1 unspecified atom stereocenters. The summed E-state index contributed by atoms with van der Waals surface area (Å²) in [6, 6.07) is 12.6. The first-order chi connectivity index (χ1) is 12.0. The minimum atomic E-state index is -0.663. The molecule has 0 heterocycles. The van der Waals surface area contributed by atoms with E-state index in [4.69, 9.17) is 14.1 Å². The maximum Gasteiger partial charge on any atom is 0.246 e. The van der Waals surface area contributed by atoms with Crippen molar-refractivity contribution in [3.05, 3.63) is 71.1 Å². The van der Waals surface area contributed by atoms with Gasteiger partial charge in [0.15, 0.2) is 0 Å². The maximum absolute atomic E-state index is 10.6. The lowest BCUT2D eigenvalue weighted by atomic mass is 10.00. The molecule has 114 valence electrons. The van der Waals surface area contributed by atoms with Gasteiger partial charge in [-0.3, -0.25) is 5.21 Å². The van der Waals surface area contributed by atoms with Crippen molar-refractivity contribution >= 4 is 11.4 Å². The molecule has 0 aliphatic rings. The normalized spacial score (nSPS) is 13.3. The minimum absolute atomic E-state index is 0.253. The summed E-state index contributed by atoms with van der Waals surface area (Å²) in [6.07, 6.45) is 0. The van der Waals surface area contributed by atoms with Crippen LogP contribution in [0.15, 0.2) is 65.8 Å². The molecule has 0 fully saturated rings. The fraction of sp³-hybridized carbons (Fsp3) is 0.176. The van der Waals surface area contributed by atoms with Crippen molar-refractivity contribution < 1.29 is 14.1 Å². The Balaban J connectivity index is 2.50. The predicted octanol–water partition coefficient (Wildman–Crippen LogP) is 4.61. The molecule has 0 aliphatic heterocycles. The number of nitrogens with zero attached hydrogens (tertiary/aromatic N) is 2. The van der Waals surface area contributed by atoms with Gasteiger partial charge in [0.05, 0.1) is 15.5 Å². The van der Waals surface area contributed by atoms with Gasteiger partial charge in [0, 0.05) is 0 Å². The molecule has 2 aromatic rings. The molecule has 0 aromatic heterocycles. The molecule has 2 rings (SSSR count). The number of hydrogen-bond donors (Lipinski definition) is 1. The molecule has 1 N–H and O–H groups in total. The van der Waals surface area contributed by atoms with Crippen molar-refractivity contribution in [2.75, 3.05) is 12.2 Å². The van der Waals surface area contributed by atoms with Crippen LogP contribution < -0.4 is 9.80 Å². The molecule has 0 aliphatic carbocycles. The minimum Gasteiger partial charge on any atom is -0.497 e. The van der Waals surface area contributed by atoms with Gasteiger partial charge in [-0.1, -0.05) is 24.2 Å². The zero-order chi connectivity index (χ0) is 18.4. The van der Waals surface area contributed by atoms with Crippen LogP contribution in [-0.4, -0.2) is 12.3 Å². The number of anilines is 1. The van der Waals surface area contributed by atoms with E-state index in [0.29, 0.717) is 17.0 Å². The van der Waals surface area contributed by atoms with Crippen LogP contribution in [-0.2, 0) is 0 Å². The highest BCUT2D eigenvalue weighted by molar-refractivity contribution is 5.53. The molecule has 0 saturated heterocycles. The first-order valence-electron chi connectivity index (χ1n) is 8.06. The SMILES string of the molecule is [2H]ON(c1ccc(N=O)cc1)C(C(C)=C([2H])[2H])c1ccc(OC)cc1. The fourth-order valence-electron chi connectivity index (χ4n) is 2.16. The summed E-state index contributed by atoms with van der Waals surface area (Å²) < 4.78 is 27.9. The lowest BCUT2D eigenvalue weighted by molar-refractivity contribution is 0.229. The summed E-state index contributed by atoms with van der Waals surface area (Å²) in [7, 11) is 1.56. The first-order valence-corrected chi connectivity index (χ1v) is 6.65. The van der Waals surface area contributed by atoms with Gasteiger partial charge in [-0.25, -0.2) is 5.06 Å². The number of nitroso groups, excluding NO2 is 1. The Morgan fingerprint density at radius 2 is 2.00 bits per heavy atom. The summed E-state index contributed by atoms with van der Waals surface area (Å²) in [5.74, 6) is 0.667. The number of methoxy groups -OCH3 is 1. The number of rotatable bonds is 7. The van der Waals surface area contributed by atoms with E-state index >= 15 is 0 Å². The van der Waals surface area contributed by atoms with Crippen molar-refractivity contribution in [3.8, 4) is 5.75 Å². The Bertz CT molecular complexity index is 745. The van der Waals surface area contributed by atoms with Gasteiger partial charge in [0.25, 0.3) is 0 Å². The fourth-order valence-corrected chi connectivity index (χ4v) is 2.16. The highest BCUT2D eigenvalue weighted by Gasteiger charge is 2.20. The monoisotopic (exact) mass is 301 g/mol. The lowest BCUT2D eigenvalue weighted by Gasteiger charge is -2.28. The van der Waals surface area contributed by atoms with Gasteiger partial charge in [-0.2, -0.15) is 0 Å². The Hall–Kier alpha value is -2.66. The van der Waals surface area contributed by atoms with E-state index < -0.39 is 6.04 Å². The van der Waals surface area contributed by atoms with Crippen LogP contribution in [0, 0.1) is 4.91 Å². The van der Waals surface area contributed by atoms with Crippen LogP contribution >= 0.6 is 0 Å². The van der Waals surface area contributed by atoms with Crippen LogP contribution in [0.4, 0.5) is 11.4 Å². The molecule has 0 saturated carbocycles. The molecule has 22 heavy (non-hydrogen) atoms. The van der Waals surface area contributed by atoms with E-state index in [1.165, 1.54) is 17.2 Å². The summed E-state index contributed by atoms with van der Waals surface area (Å²) in [4.78, 5) is 10.6. The van der Waals surface area contributed by atoms with Crippen LogP contribution in [0.2, 0.25) is 1.43 Å². The van der Waals surface area contributed by atoms with Crippen LogP contribution in [0.25, 0.3) is 0 Å². The molecule has 5 heteroatoms. The third-order valence-electron chi connectivity index (χ3n) is 3.29. The molecule has 2 aromatic carbocycles. The van der Waals surface area contributed by atoms with Gasteiger partial charge < -0.3 is 4.74 Å². The van der Waals surface area contributed by atoms with Crippen molar-refractivity contribution in [3.63, 3.8) is 0 Å². The second kappa shape index (κ2) is 6.87. The van der Waals surface area contributed by atoms with E-state index in [1.807, 2.05) is 0 Å². The van der Waals surface area contributed by atoms with Crippen molar-refractivity contribution in [2.45, 2.75) is 13.0 Å². The molecule has 5 nitrogen and oxygen atoms in total. The average molecular weight is 301 g/mol. The second-order valence-corrected chi connectivity index (χ2v) is 4.79. The topological polar surface area (TPSA) is 62.1 Å². The molecule has 0 radical (unpaired) electrons. The third kappa shape index (κ3) is 3.32. The average Bonchev–Trinajstić information content (AvgIpc) is 2.65. The lowest BCUT2D eigenvalue weighted by Crippen LogP contribution is -2.25. The van der Waals surface area contributed by atoms with E-state index in [2.05, 4.69) is 5.18 Å².